The maximum atomic E-state index is 12.8. The fourth-order valence-electron chi connectivity index (χ4n) is 3.78. The van der Waals surface area contributed by atoms with Crippen LogP contribution in [0.15, 0.2) is 59.6 Å². The Bertz CT molecular complexity index is 1270. The van der Waals surface area contributed by atoms with Gasteiger partial charge in [0.1, 0.15) is 0 Å². The maximum Gasteiger partial charge on any atom is 0.251 e. The van der Waals surface area contributed by atoms with Crippen LogP contribution in [0, 0.1) is 0 Å². The van der Waals surface area contributed by atoms with Crippen LogP contribution in [0.3, 0.4) is 0 Å². The Morgan fingerprint density at radius 2 is 1.87 bits per heavy atom. The number of nitrogens with zero attached hydrogens (tertiary/aromatic N) is 4. The highest BCUT2D eigenvalue weighted by molar-refractivity contribution is 7.89. The molecule has 7 nitrogen and oxygen atoms in total. The Balaban J connectivity index is 1.54. The number of para-hydroxylation sites is 2. The van der Waals surface area contributed by atoms with Gasteiger partial charge in [-0.1, -0.05) is 26.0 Å². The van der Waals surface area contributed by atoms with Crippen molar-refractivity contribution in [3.05, 3.63) is 66.0 Å². The summed E-state index contributed by atoms with van der Waals surface area (Å²) in [5, 5.41) is 0. The molecule has 8 heteroatoms. The van der Waals surface area contributed by atoms with E-state index in [-0.39, 0.29) is 10.8 Å². The van der Waals surface area contributed by atoms with Crippen molar-refractivity contribution < 1.29 is 13.2 Å². The number of sulfonamides is 1. The maximum absolute atomic E-state index is 12.8. The highest BCUT2D eigenvalue weighted by atomic mass is 32.2. The number of hydrogen-bond acceptors (Lipinski definition) is 5. The molecule has 2 heterocycles. The Morgan fingerprint density at radius 3 is 2.61 bits per heavy atom. The SMILES string of the molecule is CCN(CC)S(=O)(=O)c1ccc2c(c1)CCN2C(=O)/C=C/c1cnc2ccccc2n1. The highest BCUT2D eigenvalue weighted by Crippen LogP contribution is 2.31. The summed E-state index contributed by atoms with van der Waals surface area (Å²) in [4.78, 5) is 23.6. The van der Waals surface area contributed by atoms with Crippen LogP contribution in [0.4, 0.5) is 5.69 Å². The first-order chi connectivity index (χ1) is 14.9. The van der Waals surface area contributed by atoms with Crippen LogP contribution in [-0.4, -0.2) is 48.2 Å². The van der Waals surface area contributed by atoms with Crippen molar-refractivity contribution in [2.75, 3.05) is 24.5 Å². The lowest BCUT2D eigenvalue weighted by atomic mass is 10.2. The van der Waals surface area contributed by atoms with Crippen molar-refractivity contribution in [3.8, 4) is 0 Å². The molecule has 0 aliphatic carbocycles. The highest BCUT2D eigenvalue weighted by Gasteiger charge is 2.27. The van der Waals surface area contributed by atoms with E-state index in [0.717, 1.165) is 22.3 Å². The fraction of sp³-hybridized carbons (Fsp3) is 0.261. The lowest BCUT2D eigenvalue weighted by molar-refractivity contribution is -0.114. The van der Waals surface area contributed by atoms with Crippen LogP contribution < -0.4 is 4.90 Å². The van der Waals surface area contributed by atoms with Crippen molar-refractivity contribution in [2.24, 2.45) is 0 Å². The predicted molar refractivity (Wildman–Crippen MR) is 121 cm³/mol. The van der Waals surface area contributed by atoms with E-state index in [2.05, 4.69) is 9.97 Å². The number of aromatic nitrogens is 2. The third kappa shape index (κ3) is 4.08. The van der Waals surface area contributed by atoms with Gasteiger partial charge in [0.05, 0.1) is 27.8 Å². The topological polar surface area (TPSA) is 83.5 Å². The molecule has 4 rings (SSSR count). The average Bonchev–Trinajstić information content (AvgIpc) is 3.21. The molecule has 0 saturated carbocycles. The molecule has 0 bridgehead atoms. The zero-order valence-electron chi connectivity index (χ0n) is 17.5. The number of benzene rings is 2. The molecular formula is C23H24N4O3S. The van der Waals surface area contributed by atoms with E-state index in [4.69, 9.17) is 0 Å². The zero-order chi connectivity index (χ0) is 22.0. The molecule has 1 aliphatic rings. The number of carbonyl (C=O) groups excluding carboxylic acids is 1. The van der Waals surface area contributed by atoms with Gasteiger partial charge in [-0.05, 0) is 48.4 Å². The molecule has 0 unspecified atom stereocenters. The zero-order valence-corrected chi connectivity index (χ0v) is 18.3. The fourth-order valence-corrected chi connectivity index (χ4v) is 5.29. The summed E-state index contributed by atoms with van der Waals surface area (Å²) in [6, 6.07) is 12.6. The Kier molecular flexibility index (Phi) is 5.84. The van der Waals surface area contributed by atoms with E-state index in [1.54, 1.807) is 35.4 Å². The quantitative estimate of drug-likeness (QED) is 0.554. The smallest absolute Gasteiger partial charge is 0.251 e. The van der Waals surface area contributed by atoms with E-state index in [9.17, 15) is 13.2 Å². The van der Waals surface area contributed by atoms with Crippen molar-refractivity contribution in [1.82, 2.24) is 14.3 Å². The first-order valence-corrected chi connectivity index (χ1v) is 11.7. The Labute approximate surface area is 182 Å². The average molecular weight is 437 g/mol. The second kappa shape index (κ2) is 8.56. The molecule has 160 valence electrons. The summed E-state index contributed by atoms with van der Waals surface area (Å²) in [5.41, 5.74) is 3.78. The normalized spacial score (nSPS) is 14.0. The summed E-state index contributed by atoms with van der Waals surface area (Å²) in [6.45, 7) is 4.99. The molecule has 0 saturated heterocycles. The van der Waals surface area contributed by atoms with Gasteiger partial charge in [-0.2, -0.15) is 4.31 Å². The summed E-state index contributed by atoms with van der Waals surface area (Å²) in [5.74, 6) is -0.173. The van der Waals surface area contributed by atoms with Crippen molar-refractivity contribution in [3.63, 3.8) is 0 Å². The van der Waals surface area contributed by atoms with Gasteiger partial charge in [0.15, 0.2) is 0 Å². The molecule has 2 aromatic carbocycles. The number of rotatable bonds is 6. The summed E-state index contributed by atoms with van der Waals surface area (Å²) in [7, 11) is -3.52. The third-order valence-corrected chi connectivity index (χ3v) is 7.47. The minimum absolute atomic E-state index is 0.173. The number of amides is 1. The van der Waals surface area contributed by atoms with Crippen LogP contribution in [0.1, 0.15) is 25.1 Å². The Hall–Kier alpha value is -3.10. The van der Waals surface area contributed by atoms with E-state index >= 15 is 0 Å². The summed E-state index contributed by atoms with van der Waals surface area (Å²) >= 11 is 0. The van der Waals surface area contributed by atoms with Gasteiger partial charge in [0, 0.05) is 31.4 Å². The van der Waals surface area contributed by atoms with E-state index in [0.29, 0.717) is 31.7 Å². The van der Waals surface area contributed by atoms with Crippen molar-refractivity contribution in [2.45, 2.75) is 25.2 Å². The van der Waals surface area contributed by atoms with Gasteiger partial charge in [-0.25, -0.2) is 13.4 Å². The number of fused-ring (bicyclic) bond motifs is 2. The van der Waals surface area contributed by atoms with Crippen LogP contribution in [0.25, 0.3) is 17.1 Å². The van der Waals surface area contributed by atoms with E-state index in [1.165, 1.54) is 10.4 Å². The molecule has 3 aromatic rings. The van der Waals surface area contributed by atoms with Crippen LogP contribution in [0.2, 0.25) is 0 Å². The standard InChI is InChI=1S/C23H24N4O3S/c1-3-26(4-2)31(29,30)19-10-11-22-17(15-19)13-14-27(22)23(28)12-9-18-16-24-20-7-5-6-8-21(20)25-18/h5-12,15-16H,3-4,13-14H2,1-2H3/b12-9+. The summed E-state index contributed by atoms with van der Waals surface area (Å²) < 4.78 is 27.0. The number of carbonyl (C=O) groups is 1. The van der Waals surface area contributed by atoms with Gasteiger partial charge in [-0.3, -0.25) is 9.78 Å². The van der Waals surface area contributed by atoms with Crippen molar-refractivity contribution >= 4 is 38.7 Å². The molecule has 31 heavy (non-hydrogen) atoms. The largest absolute Gasteiger partial charge is 0.308 e. The Morgan fingerprint density at radius 1 is 1.13 bits per heavy atom. The third-order valence-electron chi connectivity index (χ3n) is 5.42. The molecule has 1 aromatic heterocycles. The van der Waals surface area contributed by atoms with Gasteiger partial charge < -0.3 is 4.90 Å². The van der Waals surface area contributed by atoms with Gasteiger partial charge in [0.2, 0.25) is 10.0 Å². The van der Waals surface area contributed by atoms with Gasteiger partial charge in [0.25, 0.3) is 5.91 Å². The lowest BCUT2D eigenvalue weighted by Gasteiger charge is -2.19. The lowest BCUT2D eigenvalue weighted by Crippen LogP contribution is -2.30. The molecule has 0 fully saturated rings. The molecule has 0 atom stereocenters. The molecule has 0 radical (unpaired) electrons. The first-order valence-electron chi connectivity index (χ1n) is 10.3. The van der Waals surface area contributed by atoms with Crippen LogP contribution in [-0.2, 0) is 21.2 Å². The second-order valence-electron chi connectivity index (χ2n) is 7.24. The van der Waals surface area contributed by atoms with Crippen LogP contribution in [0.5, 0.6) is 0 Å². The van der Waals surface area contributed by atoms with Crippen LogP contribution >= 0.6 is 0 Å². The first kappa shape index (κ1) is 21.1. The summed E-state index contributed by atoms with van der Waals surface area (Å²) in [6.07, 6.45) is 5.38. The molecule has 0 N–H and O–H groups in total. The molecule has 1 aliphatic heterocycles. The number of hydrogen-bond donors (Lipinski definition) is 0. The monoisotopic (exact) mass is 436 g/mol. The minimum Gasteiger partial charge on any atom is -0.308 e. The van der Waals surface area contributed by atoms with Gasteiger partial charge >= 0.3 is 0 Å². The second-order valence-corrected chi connectivity index (χ2v) is 9.17. The molecule has 0 spiro atoms. The molecule has 1 amide bonds. The molecular weight excluding hydrogens is 412 g/mol. The van der Waals surface area contributed by atoms with E-state index < -0.39 is 10.0 Å². The van der Waals surface area contributed by atoms with Crippen molar-refractivity contribution in [1.29, 1.82) is 0 Å². The minimum atomic E-state index is -3.52. The predicted octanol–water partition coefficient (Wildman–Crippen LogP) is 3.26. The van der Waals surface area contributed by atoms with Gasteiger partial charge in [-0.15, -0.1) is 0 Å². The number of anilines is 1. The van der Waals surface area contributed by atoms with E-state index in [1.807, 2.05) is 38.1 Å².